The number of fused-ring (bicyclic) bond motifs is 1. The molecule has 0 amide bonds. The van der Waals surface area contributed by atoms with Gasteiger partial charge in [0.2, 0.25) is 0 Å². The third-order valence-electron chi connectivity index (χ3n) is 3.66. The van der Waals surface area contributed by atoms with Crippen molar-refractivity contribution in [2.45, 2.75) is 52.6 Å². The van der Waals surface area contributed by atoms with E-state index in [1.807, 2.05) is 13.8 Å². The Morgan fingerprint density at radius 1 is 1.32 bits per heavy atom. The van der Waals surface area contributed by atoms with Crippen LogP contribution in [-0.4, -0.2) is 5.78 Å². The summed E-state index contributed by atoms with van der Waals surface area (Å²) < 4.78 is 39.3. The number of hydrogen-bond donors (Lipinski definition) is 0. The predicted molar refractivity (Wildman–Crippen MR) is 69.7 cm³/mol. The highest BCUT2D eigenvalue weighted by atomic mass is 32.1. The first-order chi connectivity index (χ1) is 8.65. The van der Waals surface area contributed by atoms with Gasteiger partial charge in [-0.25, -0.2) is 0 Å². The Balaban J connectivity index is 2.58. The summed E-state index contributed by atoms with van der Waals surface area (Å²) >= 11 is 0.641. The lowest BCUT2D eigenvalue weighted by atomic mass is 9.74. The van der Waals surface area contributed by atoms with E-state index in [0.717, 1.165) is 6.42 Å². The number of ketones is 1. The molecule has 1 aliphatic rings. The standard InChI is InChI=1S/C14H17F3OS/c1-4-10(18)11-8-5-6-13(2,3)7-9(8)12(19-11)14(15,16)17/h4-7H2,1-3H3. The fourth-order valence-electron chi connectivity index (χ4n) is 2.60. The van der Waals surface area contributed by atoms with E-state index in [1.165, 1.54) is 0 Å². The Bertz CT molecular complexity index is 511. The number of rotatable bonds is 2. The molecule has 5 heteroatoms. The average molecular weight is 290 g/mol. The van der Waals surface area contributed by atoms with Crippen molar-refractivity contribution in [1.29, 1.82) is 0 Å². The number of alkyl halides is 3. The SMILES string of the molecule is CCC(=O)c1sc(C(F)(F)F)c2c1CCC(C)(C)C2. The first-order valence-corrected chi connectivity index (χ1v) is 7.22. The van der Waals surface area contributed by atoms with Crippen LogP contribution in [0.1, 0.15) is 59.3 Å². The summed E-state index contributed by atoms with van der Waals surface area (Å²) in [4.78, 5) is 11.6. The summed E-state index contributed by atoms with van der Waals surface area (Å²) in [5.41, 5.74) is 0.898. The van der Waals surface area contributed by atoms with Crippen LogP contribution < -0.4 is 0 Å². The molecule has 0 atom stereocenters. The Morgan fingerprint density at radius 3 is 2.47 bits per heavy atom. The molecule has 106 valence electrons. The predicted octanol–water partition coefficient (Wildman–Crippen LogP) is 4.87. The molecule has 0 spiro atoms. The molecule has 0 unspecified atom stereocenters. The van der Waals surface area contributed by atoms with Crippen LogP contribution in [-0.2, 0) is 19.0 Å². The van der Waals surface area contributed by atoms with E-state index in [2.05, 4.69) is 0 Å². The van der Waals surface area contributed by atoms with Gasteiger partial charge >= 0.3 is 6.18 Å². The zero-order chi connectivity index (χ0) is 14.4. The van der Waals surface area contributed by atoms with Crippen molar-refractivity contribution < 1.29 is 18.0 Å². The van der Waals surface area contributed by atoms with Crippen LogP contribution in [0.2, 0.25) is 0 Å². The van der Waals surface area contributed by atoms with Crippen molar-refractivity contribution in [2.75, 3.05) is 0 Å². The van der Waals surface area contributed by atoms with Gasteiger partial charge in [0, 0.05) is 6.42 Å². The maximum absolute atomic E-state index is 13.1. The Kier molecular flexibility index (Phi) is 3.54. The zero-order valence-corrected chi connectivity index (χ0v) is 12.1. The van der Waals surface area contributed by atoms with Crippen LogP contribution >= 0.6 is 11.3 Å². The monoisotopic (exact) mass is 290 g/mol. The third-order valence-corrected chi connectivity index (χ3v) is 5.02. The van der Waals surface area contributed by atoms with Crippen molar-refractivity contribution in [2.24, 2.45) is 5.41 Å². The van der Waals surface area contributed by atoms with Gasteiger partial charge < -0.3 is 0 Å². The second kappa shape index (κ2) is 4.62. The van der Waals surface area contributed by atoms with Gasteiger partial charge in [0.05, 0.1) is 4.88 Å². The van der Waals surface area contributed by atoms with Crippen molar-refractivity contribution in [3.05, 3.63) is 20.9 Å². The number of thiophene rings is 1. The lowest BCUT2D eigenvalue weighted by Crippen LogP contribution is -2.24. The van der Waals surface area contributed by atoms with Crippen molar-refractivity contribution in [3.63, 3.8) is 0 Å². The molecule has 0 N–H and O–H groups in total. The maximum atomic E-state index is 13.1. The number of hydrogen-bond acceptors (Lipinski definition) is 2. The van der Waals surface area contributed by atoms with Crippen LogP contribution in [0.15, 0.2) is 0 Å². The van der Waals surface area contributed by atoms with Gasteiger partial charge in [0.15, 0.2) is 5.78 Å². The lowest BCUT2D eigenvalue weighted by molar-refractivity contribution is -0.135. The molecular formula is C14H17F3OS. The molecule has 1 nitrogen and oxygen atoms in total. The smallest absolute Gasteiger partial charge is 0.293 e. The van der Waals surface area contributed by atoms with Crippen LogP contribution in [0, 0.1) is 5.41 Å². The van der Waals surface area contributed by atoms with Gasteiger partial charge in [-0.3, -0.25) is 4.79 Å². The van der Waals surface area contributed by atoms with E-state index in [1.54, 1.807) is 6.92 Å². The fraction of sp³-hybridized carbons (Fsp3) is 0.643. The maximum Gasteiger partial charge on any atom is 0.425 e. The van der Waals surface area contributed by atoms with E-state index in [4.69, 9.17) is 0 Å². The molecule has 1 aliphatic carbocycles. The van der Waals surface area contributed by atoms with Crippen LogP contribution in [0.5, 0.6) is 0 Å². The van der Waals surface area contributed by atoms with Crippen molar-refractivity contribution >= 4 is 17.1 Å². The van der Waals surface area contributed by atoms with E-state index in [-0.39, 0.29) is 17.6 Å². The molecule has 0 aliphatic heterocycles. The van der Waals surface area contributed by atoms with Gasteiger partial charge in [-0.1, -0.05) is 20.8 Å². The molecule has 0 saturated heterocycles. The number of carbonyl (C=O) groups is 1. The number of carbonyl (C=O) groups excluding carboxylic acids is 1. The largest absolute Gasteiger partial charge is 0.425 e. The second-order valence-electron chi connectivity index (χ2n) is 5.83. The second-order valence-corrected chi connectivity index (χ2v) is 6.85. The summed E-state index contributed by atoms with van der Waals surface area (Å²) in [5.74, 6) is -0.170. The molecule has 0 saturated carbocycles. The highest BCUT2D eigenvalue weighted by Gasteiger charge is 2.41. The van der Waals surface area contributed by atoms with Crippen LogP contribution in [0.25, 0.3) is 0 Å². The molecule has 1 heterocycles. The van der Waals surface area contributed by atoms with Crippen LogP contribution in [0.4, 0.5) is 13.2 Å². The highest BCUT2D eigenvalue weighted by Crippen LogP contribution is 2.47. The van der Waals surface area contributed by atoms with E-state index >= 15 is 0 Å². The summed E-state index contributed by atoms with van der Waals surface area (Å²) in [7, 11) is 0. The van der Waals surface area contributed by atoms with E-state index < -0.39 is 11.1 Å². The molecule has 1 aromatic heterocycles. The van der Waals surface area contributed by atoms with E-state index in [9.17, 15) is 18.0 Å². The summed E-state index contributed by atoms with van der Waals surface area (Å²) in [6.45, 7) is 5.65. The van der Waals surface area contributed by atoms with Gasteiger partial charge in [0.25, 0.3) is 0 Å². The van der Waals surface area contributed by atoms with Crippen LogP contribution in [0.3, 0.4) is 0 Å². The van der Waals surface area contributed by atoms with Crippen molar-refractivity contribution in [1.82, 2.24) is 0 Å². The molecule has 2 rings (SSSR count). The molecule has 0 fully saturated rings. The molecule has 0 aromatic carbocycles. The van der Waals surface area contributed by atoms with Gasteiger partial charge in [-0.15, -0.1) is 11.3 Å². The Labute approximate surface area is 114 Å². The molecule has 19 heavy (non-hydrogen) atoms. The van der Waals surface area contributed by atoms with Gasteiger partial charge in [-0.2, -0.15) is 13.2 Å². The highest BCUT2D eigenvalue weighted by molar-refractivity contribution is 7.14. The first-order valence-electron chi connectivity index (χ1n) is 6.40. The minimum Gasteiger partial charge on any atom is -0.293 e. The van der Waals surface area contributed by atoms with E-state index in [0.29, 0.717) is 40.2 Å². The summed E-state index contributed by atoms with van der Waals surface area (Å²) in [6, 6.07) is 0. The third kappa shape index (κ3) is 2.71. The quantitative estimate of drug-likeness (QED) is 0.710. The number of halogens is 3. The summed E-state index contributed by atoms with van der Waals surface area (Å²) in [6.07, 6.45) is -2.28. The van der Waals surface area contributed by atoms with Gasteiger partial charge in [-0.05, 0) is 35.8 Å². The lowest BCUT2D eigenvalue weighted by Gasteiger charge is -2.30. The fourth-order valence-corrected chi connectivity index (χ4v) is 3.84. The minimum absolute atomic E-state index is 0.124. The van der Waals surface area contributed by atoms with Gasteiger partial charge in [0.1, 0.15) is 4.88 Å². The topological polar surface area (TPSA) is 17.1 Å². The molecule has 1 aromatic rings. The Morgan fingerprint density at radius 2 is 1.95 bits per heavy atom. The average Bonchev–Trinajstić information content (AvgIpc) is 2.64. The normalized spacial score (nSPS) is 18.2. The Hall–Kier alpha value is -0.840. The molecule has 0 radical (unpaired) electrons. The van der Waals surface area contributed by atoms with Crippen molar-refractivity contribution in [3.8, 4) is 0 Å². The molecule has 0 bridgehead atoms. The number of Topliss-reactive ketones (excluding diaryl/α,β-unsaturated/α-hetero) is 1. The molecular weight excluding hydrogens is 273 g/mol. The zero-order valence-electron chi connectivity index (χ0n) is 11.3. The summed E-state index contributed by atoms with van der Waals surface area (Å²) in [5, 5.41) is 0. The minimum atomic E-state index is -4.35. The first kappa shape index (κ1) is 14.6.